The Morgan fingerprint density at radius 2 is 1.75 bits per heavy atom. The van der Waals surface area contributed by atoms with Crippen LogP contribution in [-0.4, -0.2) is 29.5 Å². The fraction of sp³-hybridized carbons (Fsp3) is 0.867. The monoisotopic (exact) mass is 296 g/mol. The number of nitrogens with one attached hydrogen (secondary N) is 1. The number of hydrogen-bond acceptors (Lipinski definition) is 4. The molecule has 0 radical (unpaired) electrons. The Kier molecular flexibility index (Phi) is 3.73. The third kappa shape index (κ3) is 2.14. The number of nitrogens with zero attached hydrogens (tertiary/aromatic N) is 1. The lowest BCUT2D eigenvalue weighted by molar-refractivity contribution is -0.134. The highest BCUT2D eigenvalue weighted by molar-refractivity contribution is 8.13. The molecule has 4 rings (SSSR count). The quantitative estimate of drug-likeness (QED) is 0.364. The number of oxime groups is 1. The van der Waals surface area contributed by atoms with E-state index in [0.29, 0.717) is 5.04 Å². The summed E-state index contributed by atoms with van der Waals surface area (Å²) >= 11 is 1.41. The van der Waals surface area contributed by atoms with Gasteiger partial charge in [0.1, 0.15) is 5.04 Å². The first-order valence-electron chi connectivity index (χ1n) is 7.59. The average Bonchev–Trinajstić information content (AvgIpc) is 2.42. The molecular formula is C15H24N2O2S. The molecule has 0 aliphatic heterocycles. The van der Waals surface area contributed by atoms with Crippen molar-refractivity contribution in [3.63, 3.8) is 0 Å². The summed E-state index contributed by atoms with van der Waals surface area (Å²) in [5.41, 5.74) is 0.0411. The third-order valence-electron chi connectivity index (χ3n) is 5.76. The van der Waals surface area contributed by atoms with Gasteiger partial charge in [-0.25, -0.2) is 0 Å². The Hall–Kier alpha value is -0.710. The van der Waals surface area contributed by atoms with Gasteiger partial charge in [0, 0.05) is 7.05 Å². The largest absolute Gasteiger partial charge is 0.410 e. The smallest absolute Gasteiger partial charge is 0.230 e. The number of hydrogen-bond donors (Lipinski definition) is 2. The van der Waals surface area contributed by atoms with E-state index in [1.54, 1.807) is 7.05 Å². The molecule has 0 spiro atoms. The molecule has 4 nitrogen and oxygen atoms in total. The van der Waals surface area contributed by atoms with Gasteiger partial charge in [-0.15, -0.1) is 11.8 Å². The van der Waals surface area contributed by atoms with Gasteiger partial charge >= 0.3 is 0 Å². The summed E-state index contributed by atoms with van der Waals surface area (Å²) in [6, 6.07) is 0. The first-order valence-corrected chi connectivity index (χ1v) is 8.82. The molecule has 0 aromatic carbocycles. The Bertz CT molecular complexity index is 400. The van der Waals surface area contributed by atoms with Crippen LogP contribution < -0.4 is 5.32 Å². The van der Waals surface area contributed by atoms with Crippen molar-refractivity contribution >= 4 is 22.7 Å². The second-order valence-corrected chi connectivity index (χ2v) is 7.80. The van der Waals surface area contributed by atoms with Crippen LogP contribution in [0, 0.1) is 29.1 Å². The molecule has 20 heavy (non-hydrogen) atoms. The van der Waals surface area contributed by atoms with Crippen molar-refractivity contribution in [2.45, 2.75) is 38.5 Å². The second-order valence-electron chi connectivity index (χ2n) is 6.97. The topological polar surface area (TPSA) is 61.7 Å². The highest BCUT2D eigenvalue weighted by Gasteiger charge is 2.57. The molecule has 0 heterocycles. The van der Waals surface area contributed by atoms with Gasteiger partial charge in [-0.3, -0.25) is 4.79 Å². The van der Waals surface area contributed by atoms with Crippen molar-refractivity contribution in [2.75, 3.05) is 13.3 Å². The van der Waals surface area contributed by atoms with Crippen molar-refractivity contribution < 1.29 is 10.0 Å². The van der Waals surface area contributed by atoms with Gasteiger partial charge in [-0.05, 0) is 67.9 Å². The minimum atomic E-state index is -0.263. The molecule has 2 N–H and O–H groups in total. The van der Waals surface area contributed by atoms with Crippen molar-refractivity contribution in [1.29, 1.82) is 0 Å². The molecule has 0 saturated heterocycles. The van der Waals surface area contributed by atoms with Crippen molar-refractivity contribution in [1.82, 2.24) is 5.32 Å². The minimum absolute atomic E-state index is 0.0223. The SMILES string of the molecule is CNC(=O)C(C(=NO)SC)C12CC3CC(CC(C3)C1)C2. The second kappa shape index (κ2) is 5.24. The summed E-state index contributed by atoms with van der Waals surface area (Å²) in [7, 11) is 1.69. The summed E-state index contributed by atoms with van der Waals surface area (Å²) < 4.78 is 0. The van der Waals surface area contributed by atoms with E-state index in [1.165, 1.54) is 31.0 Å². The van der Waals surface area contributed by atoms with Crippen LogP contribution in [0.1, 0.15) is 38.5 Å². The van der Waals surface area contributed by atoms with Crippen molar-refractivity contribution in [2.24, 2.45) is 34.2 Å². The molecule has 4 fully saturated rings. The predicted octanol–water partition coefficient (Wildman–Crippen LogP) is 2.72. The molecule has 112 valence electrons. The van der Waals surface area contributed by atoms with E-state index in [-0.39, 0.29) is 17.2 Å². The molecule has 1 unspecified atom stereocenters. The van der Waals surface area contributed by atoms with E-state index >= 15 is 0 Å². The number of thioether (sulfide) groups is 1. The number of rotatable bonds is 3. The highest BCUT2D eigenvalue weighted by atomic mass is 32.2. The molecular weight excluding hydrogens is 272 g/mol. The fourth-order valence-corrected chi connectivity index (χ4v) is 6.22. The Morgan fingerprint density at radius 1 is 1.25 bits per heavy atom. The maximum Gasteiger partial charge on any atom is 0.230 e. The van der Waals surface area contributed by atoms with E-state index in [2.05, 4.69) is 10.5 Å². The Labute approximate surface area is 124 Å². The zero-order chi connectivity index (χ0) is 14.3. The zero-order valence-electron chi connectivity index (χ0n) is 12.3. The lowest BCUT2D eigenvalue weighted by Crippen LogP contribution is -2.54. The van der Waals surface area contributed by atoms with Crippen LogP contribution in [0.3, 0.4) is 0 Å². The van der Waals surface area contributed by atoms with Gasteiger partial charge in [0.05, 0.1) is 5.92 Å². The van der Waals surface area contributed by atoms with E-state index in [9.17, 15) is 10.0 Å². The Balaban J connectivity index is 1.96. The molecule has 4 saturated carbocycles. The average molecular weight is 296 g/mol. The van der Waals surface area contributed by atoms with Crippen LogP contribution in [0.5, 0.6) is 0 Å². The van der Waals surface area contributed by atoms with Gasteiger partial charge in [0.15, 0.2) is 0 Å². The lowest BCUT2D eigenvalue weighted by Gasteiger charge is -2.58. The van der Waals surface area contributed by atoms with Crippen LogP contribution in [0.15, 0.2) is 5.16 Å². The van der Waals surface area contributed by atoms with Crippen molar-refractivity contribution in [3.05, 3.63) is 0 Å². The first kappa shape index (κ1) is 14.2. The van der Waals surface area contributed by atoms with Crippen LogP contribution >= 0.6 is 11.8 Å². The highest BCUT2D eigenvalue weighted by Crippen LogP contribution is 2.63. The molecule has 4 aliphatic carbocycles. The third-order valence-corrected chi connectivity index (χ3v) is 6.50. The summed E-state index contributed by atoms with van der Waals surface area (Å²) in [4.78, 5) is 12.5. The summed E-state index contributed by atoms with van der Waals surface area (Å²) in [5.74, 6) is 2.12. The molecule has 0 aromatic heterocycles. The standard InChI is InChI=1S/C15H24N2O2S/c1-16-13(18)12(14(17-19)20-2)15-6-9-3-10(7-15)5-11(4-9)8-15/h9-12,19H,3-8H2,1-2H3,(H,16,18). The van der Waals surface area contributed by atoms with Crippen molar-refractivity contribution in [3.8, 4) is 0 Å². The molecule has 1 amide bonds. The minimum Gasteiger partial charge on any atom is -0.410 e. The molecule has 0 aromatic rings. The molecule has 4 bridgehead atoms. The van der Waals surface area contributed by atoms with Crippen LogP contribution in [-0.2, 0) is 4.79 Å². The number of amides is 1. The first-order chi connectivity index (χ1) is 9.61. The number of carbonyl (C=O) groups is 1. The molecule has 5 heteroatoms. The summed E-state index contributed by atoms with van der Waals surface area (Å²) in [5, 5.41) is 16.2. The van der Waals surface area contributed by atoms with E-state index in [4.69, 9.17) is 0 Å². The fourth-order valence-electron chi connectivity index (χ4n) is 5.54. The maximum absolute atomic E-state index is 12.5. The van der Waals surface area contributed by atoms with Gasteiger partial charge < -0.3 is 10.5 Å². The zero-order valence-corrected chi connectivity index (χ0v) is 13.1. The van der Waals surface area contributed by atoms with E-state index in [0.717, 1.165) is 37.0 Å². The van der Waals surface area contributed by atoms with Crippen LogP contribution in [0.4, 0.5) is 0 Å². The van der Waals surface area contributed by atoms with Crippen LogP contribution in [0.25, 0.3) is 0 Å². The predicted molar refractivity (Wildman–Crippen MR) is 80.9 cm³/mol. The van der Waals surface area contributed by atoms with E-state index in [1.807, 2.05) is 6.26 Å². The molecule has 1 atom stereocenters. The van der Waals surface area contributed by atoms with Gasteiger partial charge in [-0.1, -0.05) is 5.16 Å². The summed E-state index contributed by atoms with van der Waals surface area (Å²) in [6.07, 6.45) is 9.36. The normalized spacial score (nSPS) is 40.7. The molecule has 4 aliphatic rings. The summed E-state index contributed by atoms with van der Waals surface area (Å²) in [6.45, 7) is 0. The number of carbonyl (C=O) groups excluding carboxylic acids is 1. The maximum atomic E-state index is 12.5. The van der Waals surface area contributed by atoms with E-state index < -0.39 is 0 Å². The lowest BCUT2D eigenvalue weighted by atomic mass is 9.46. The Morgan fingerprint density at radius 3 is 2.10 bits per heavy atom. The van der Waals surface area contributed by atoms with Gasteiger partial charge in [-0.2, -0.15) is 0 Å². The van der Waals surface area contributed by atoms with Gasteiger partial charge in [0.25, 0.3) is 0 Å². The van der Waals surface area contributed by atoms with Crippen LogP contribution in [0.2, 0.25) is 0 Å². The van der Waals surface area contributed by atoms with Gasteiger partial charge in [0.2, 0.25) is 5.91 Å².